The fourth-order valence-electron chi connectivity index (χ4n) is 4.11. The van der Waals surface area contributed by atoms with Crippen molar-refractivity contribution in [1.29, 1.82) is 0 Å². The third-order valence-electron chi connectivity index (χ3n) is 5.80. The van der Waals surface area contributed by atoms with Crippen LogP contribution in [-0.4, -0.2) is 45.8 Å². The Hall–Kier alpha value is -3.56. The lowest BCUT2D eigenvalue weighted by Crippen LogP contribution is -2.32. The number of thiophene rings is 1. The molecule has 2 amide bonds. The van der Waals surface area contributed by atoms with Crippen LogP contribution >= 0.6 is 11.3 Å². The summed E-state index contributed by atoms with van der Waals surface area (Å²) in [5.41, 5.74) is 2.69. The van der Waals surface area contributed by atoms with Crippen LogP contribution in [0.3, 0.4) is 0 Å². The molecule has 9 heteroatoms. The molecule has 4 heterocycles. The minimum absolute atomic E-state index is 0.0458. The quantitative estimate of drug-likeness (QED) is 0.421. The fourth-order valence-corrected chi connectivity index (χ4v) is 4.80. The van der Waals surface area contributed by atoms with E-state index < -0.39 is 0 Å². The normalized spacial score (nSPS) is 15.5. The monoisotopic (exact) mass is 475 g/mol. The summed E-state index contributed by atoms with van der Waals surface area (Å²) >= 11 is 1.65. The van der Waals surface area contributed by atoms with Crippen LogP contribution in [0.2, 0.25) is 0 Å². The number of benzene rings is 1. The highest BCUT2D eigenvalue weighted by atomic mass is 32.1. The van der Waals surface area contributed by atoms with E-state index >= 15 is 0 Å². The van der Waals surface area contributed by atoms with E-state index in [-0.39, 0.29) is 17.9 Å². The molecule has 0 spiro atoms. The second-order valence-electron chi connectivity index (χ2n) is 8.27. The van der Waals surface area contributed by atoms with E-state index in [2.05, 4.69) is 20.7 Å². The third-order valence-corrected chi connectivity index (χ3v) is 6.66. The van der Waals surface area contributed by atoms with Crippen molar-refractivity contribution in [3.8, 4) is 0 Å². The first-order chi connectivity index (χ1) is 16.6. The summed E-state index contributed by atoms with van der Waals surface area (Å²) in [5, 5.41) is 13.0. The standard InChI is InChI=1S/C25H25N5O3S/c1-16-12-20(21-14-27-30(23(21)28-16)15-18-7-5-11-34-18)25(32)29-22-9-3-2-8-19(22)24(31)26-13-17-6-4-10-33-17/h2-3,5,7-9,11-12,14,17H,4,6,10,13,15H2,1H3,(H,26,31)(H,29,32)/t17-/m1/s1. The van der Waals surface area contributed by atoms with Crippen molar-refractivity contribution in [3.63, 3.8) is 0 Å². The van der Waals surface area contributed by atoms with Gasteiger partial charge >= 0.3 is 0 Å². The minimum atomic E-state index is -0.314. The predicted octanol–water partition coefficient (Wildman–Crippen LogP) is 4.01. The second-order valence-corrected chi connectivity index (χ2v) is 9.31. The smallest absolute Gasteiger partial charge is 0.256 e. The van der Waals surface area contributed by atoms with Crippen molar-refractivity contribution in [2.24, 2.45) is 0 Å². The Kier molecular flexibility index (Phi) is 6.37. The number of ether oxygens (including phenoxy) is 1. The highest BCUT2D eigenvalue weighted by Gasteiger charge is 2.20. The SMILES string of the molecule is Cc1cc(C(=O)Nc2ccccc2C(=O)NC[C@H]2CCCO2)c2cnn(Cc3cccs3)c2n1. The van der Waals surface area contributed by atoms with Gasteiger partial charge in [-0.15, -0.1) is 11.3 Å². The van der Waals surface area contributed by atoms with E-state index in [4.69, 9.17) is 4.74 Å². The maximum Gasteiger partial charge on any atom is 0.256 e. The van der Waals surface area contributed by atoms with Gasteiger partial charge in [0.2, 0.25) is 0 Å². The van der Waals surface area contributed by atoms with Crippen LogP contribution in [0, 0.1) is 6.92 Å². The van der Waals surface area contributed by atoms with Gasteiger partial charge in [-0.25, -0.2) is 9.67 Å². The van der Waals surface area contributed by atoms with E-state index in [0.29, 0.717) is 46.6 Å². The first-order valence-corrected chi connectivity index (χ1v) is 12.1. The summed E-state index contributed by atoms with van der Waals surface area (Å²) < 4.78 is 7.38. The molecule has 8 nitrogen and oxygen atoms in total. The molecule has 34 heavy (non-hydrogen) atoms. The Labute approximate surface area is 201 Å². The molecule has 174 valence electrons. The number of para-hydroxylation sites is 1. The van der Waals surface area contributed by atoms with E-state index in [9.17, 15) is 9.59 Å². The number of amides is 2. The van der Waals surface area contributed by atoms with Gasteiger partial charge in [0, 0.05) is 23.7 Å². The number of aryl methyl sites for hydroxylation is 1. The van der Waals surface area contributed by atoms with Gasteiger partial charge < -0.3 is 15.4 Å². The number of fused-ring (bicyclic) bond motifs is 1. The summed E-state index contributed by atoms with van der Waals surface area (Å²) in [6.45, 7) is 3.63. The first kappa shape index (κ1) is 22.2. The molecule has 0 unspecified atom stereocenters. The Morgan fingerprint density at radius 2 is 2.06 bits per heavy atom. The van der Waals surface area contributed by atoms with Crippen molar-refractivity contribution in [1.82, 2.24) is 20.1 Å². The molecule has 2 N–H and O–H groups in total. The third kappa shape index (κ3) is 4.71. The number of pyridine rings is 1. The van der Waals surface area contributed by atoms with Crippen molar-refractivity contribution in [2.75, 3.05) is 18.5 Å². The fraction of sp³-hybridized carbons (Fsp3) is 0.280. The highest BCUT2D eigenvalue weighted by molar-refractivity contribution is 7.09. The number of nitrogens with one attached hydrogen (secondary N) is 2. The highest BCUT2D eigenvalue weighted by Crippen LogP contribution is 2.23. The molecule has 1 atom stereocenters. The lowest BCUT2D eigenvalue weighted by molar-refractivity contribution is 0.0858. The molecule has 0 bridgehead atoms. The average molecular weight is 476 g/mol. The lowest BCUT2D eigenvalue weighted by atomic mass is 10.1. The molecule has 1 saturated heterocycles. The molecule has 0 radical (unpaired) electrons. The Balaban J connectivity index is 1.38. The van der Waals surface area contributed by atoms with Crippen molar-refractivity contribution in [2.45, 2.75) is 32.4 Å². The van der Waals surface area contributed by atoms with Crippen LogP contribution in [0.4, 0.5) is 5.69 Å². The Morgan fingerprint density at radius 3 is 2.85 bits per heavy atom. The van der Waals surface area contributed by atoms with Gasteiger partial charge in [0.15, 0.2) is 5.65 Å². The largest absolute Gasteiger partial charge is 0.376 e. The molecule has 3 aromatic heterocycles. The molecule has 1 fully saturated rings. The number of carbonyl (C=O) groups excluding carboxylic acids is 2. The van der Waals surface area contributed by atoms with Crippen molar-refractivity contribution in [3.05, 3.63) is 75.7 Å². The molecule has 1 aliphatic rings. The average Bonchev–Trinajstić information content (AvgIpc) is 3.61. The lowest BCUT2D eigenvalue weighted by Gasteiger charge is -2.14. The van der Waals surface area contributed by atoms with E-state index in [1.165, 1.54) is 0 Å². The van der Waals surface area contributed by atoms with Gasteiger partial charge in [-0.3, -0.25) is 9.59 Å². The van der Waals surface area contributed by atoms with E-state index in [1.807, 2.05) is 24.4 Å². The van der Waals surface area contributed by atoms with Crippen molar-refractivity contribution < 1.29 is 14.3 Å². The van der Waals surface area contributed by atoms with Crippen LogP contribution in [0.5, 0.6) is 0 Å². The van der Waals surface area contributed by atoms with Gasteiger partial charge in [0.05, 0.1) is 41.0 Å². The maximum atomic E-state index is 13.3. The zero-order valence-corrected chi connectivity index (χ0v) is 19.6. The minimum Gasteiger partial charge on any atom is -0.376 e. The molecule has 1 aromatic carbocycles. The molecule has 0 saturated carbocycles. The van der Waals surface area contributed by atoms with Crippen LogP contribution in [0.25, 0.3) is 11.0 Å². The number of rotatable bonds is 7. The number of nitrogens with zero attached hydrogens (tertiary/aromatic N) is 3. The topological polar surface area (TPSA) is 98.1 Å². The van der Waals surface area contributed by atoms with Crippen LogP contribution < -0.4 is 10.6 Å². The summed E-state index contributed by atoms with van der Waals surface area (Å²) in [4.78, 5) is 31.9. The zero-order chi connectivity index (χ0) is 23.5. The zero-order valence-electron chi connectivity index (χ0n) is 18.8. The Morgan fingerprint density at radius 1 is 1.18 bits per heavy atom. The van der Waals surface area contributed by atoms with Crippen LogP contribution in [0.1, 0.15) is 44.1 Å². The van der Waals surface area contributed by atoms with E-state index in [0.717, 1.165) is 24.3 Å². The van der Waals surface area contributed by atoms with Gasteiger partial charge in [-0.1, -0.05) is 18.2 Å². The van der Waals surface area contributed by atoms with Gasteiger partial charge in [-0.2, -0.15) is 5.10 Å². The van der Waals surface area contributed by atoms with Crippen molar-refractivity contribution >= 4 is 39.9 Å². The summed E-state index contributed by atoms with van der Waals surface area (Å²) in [6.07, 6.45) is 3.67. The van der Waals surface area contributed by atoms with Gasteiger partial charge in [0.25, 0.3) is 11.8 Å². The number of hydrogen-bond donors (Lipinski definition) is 2. The molecule has 5 rings (SSSR count). The first-order valence-electron chi connectivity index (χ1n) is 11.2. The second kappa shape index (κ2) is 9.74. The summed E-state index contributed by atoms with van der Waals surface area (Å²) in [6, 6.07) is 12.8. The summed E-state index contributed by atoms with van der Waals surface area (Å²) in [5.74, 6) is -0.559. The maximum absolute atomic E-state index is 13.3. The Bertz CT molecular complexity index is 1330. The number of hydrogen-bond acceptors (Lipinski definition) is 6. The van der Waals surface area contributed by atoms with Gasteiger partial charge in [0.1, 0.15) is 0 Å². The summed E-state index contributed by atoms with van der Waals surface area (Å²) in [7, 11) is 0. The molecular formula is C25H25N5O3S. The molecular weight excluding hydrogens is 450 g/mol. The van der Waals surface area contributed by atoms with E-state index in [1.54, 1.807) is 52.5 Å². The van der Waals surface area contributed by atoms with Gasteiger partial charge in [-0.05, 0) is 49.4 Å². The predicted molar refractivity (Wildman–Crippen MR) is 131 cm³/mol. The number of carbonyl (C=O) groups is 2. The van der Waals surface area contributed by atoms with Crippen LogP contribution in [-0.2, 0) is 11.3 Å². The van der Waals surface area contributed by atoms with Crippen LogP contribution in [0.15, 0.2) is 54.0 Å². The molecule has 4 aromatic rings. The molecule has 1 aliphatic heterocycles. The number of aromatic nitrogens is 3. The number of anilines is 1. The molecule has 0 aliphatic carbocycles.